The van der Waals surface area contributed by atoms with Crippen molar-refractivity contribution in [3.63, 3.8) is 0 Å². The number of nitrogens with zero attached hydrogens (tertiary/aromatic N) is 1. The van der Waals surface area contributed by atoms with Crippen LogP contribution in [0.25, 0.3) is 0 Å². The Labute approximate surface area is 227 Å². The summed E-state index contributed by atoms with van der Waals surface area (Å²) in [5.41, 5.74) is 1.31. The highest BCUT2D eigenvalue weighted by molar-refractivity contribution is 7.95. The SMILES string of the molecule is C=C1CN(c2cc(OC)c(OC)c(OC)c2)C1=O.COc1ccc(SOc2ccccc2OC)cc1OC. The van der Waals surface area contributed by atoms with E-state index in [4.69, 9.17) is 32.6 Å². The molecule has 1 saturated heterocycles. The molecule has 0 aromatic heterocycles. The van der Waals surface area contributed by atoms with E-state index in [1.54, 1.807) is 38.4 Å². The summed E-state index contributed by atoms with van der Waals surface area (Å²) in [4.78, 5) is 14.1. The third-order valence-corrected chi connectivity index (χ3v) is 6.22. The lowest BCUT2D eigenvalue weighted by atomic mass is 10.1. The highest BCUT2D eigenvalue weighted by Gasteiger charge is 2.31. The molecule has 9 nitrogen and oxygen atoms in total. The van der Waals surface area contributed by atoms with Gasteiger partial charge in [0.25, 0.3) is 5.91 Å². The van der Waals surface area contributed by atoms with Crippen molar-refractivity contribution < 1.29 is 37.4 Å². The number of β-lactam (4-membered cyclic amide) rings is 1. The number of amides is 1. The highest BCUT2D eigenvalue weighted by Crippen LogP contribution is 2.42. The van der Waals surface area contributed by atoms with Gasteiger partial charge in [0, 0.05) is 23.8 Å². The minimum absolute atomic E-state index is 0.0794. The van der Waals surface area contributed by atoms with Crippen molar-refractivity contribution in [1.82, 2.24) is 0 Å². The fourth-order valence-corrected chi connectivity index (χ4v) is 4.11. The van der Waals surface area contributed by atoms with Gasteiger partial charge in [-0.2, -0.15) is 0 Å². The van der Waals surface area contributed by atoms with Crippen molar-refractivity contribution in [1.29, 1.82) is 0 Å². The Morgan fingerprint density at radius 2 is 1.24 bits per heavy atom. The molecule has 0 bridgehead atoms. The molecule has 3 aromatic carbocycles. The Morgan fingerprint density at radius 1 is 0.684 bits per heavy atom. The molecule has 202 valence electrons. The second kappa shape index (κ2) is 13.4. The van der Waals surface area contributed by atoms with E-state index in [1.807, 2.05) is 42.5 Å². The fourth-order valence-electron chi connectivity index (χ4n) is 3.51. The molecule has 0 aliphatic carbocycles. The van der Waals surface area contributed by atoms with Crippen LogP contribution in [0.3, 0.4) is 0 Å². The van der Waals surface area contributed by atoms with Crippen LogP contribution in [0.4, 0.5) is 5.69 Å². The average molecular weight is 542 g/mol. The summed E-state index contributed by atoms with van der Waals surface area (Å²) < 4.78 is 37.1. The molecule has 3 aromatic rings. The highest BCUT2D eigenvalue weighted by atomic mass is 32.2. The molecule has 0 radical (unpaired) electrons. The standard InChI is InChI=1S/C15H16O4S.C13H15NO4/c1-16-12-6-4-5-7-14(12)19-20-11-8-9-13(17-2)15(10-11)18-3;1-8-7-14(13(8)15)9-5-10(16-2)12(18-4)11(6-9)17-3/h4-10H,1-3H3;5-6H,1,7H2,2-4H3. The summed E-state index contributed by atoms with van der Waals surface area (Å²) in [6.07, 6.45) is 0. The maximum absolute atomic E-state index is 11.6. The average Bonchev–Trinajstić information content (AvgIpc) is 2.97. The lowest BCUT2D eigenvalue weighted by Gasteiger charge is -2.33. The van der Waals surface area contributed by atoms with Crippen molar-refractivity contribution in [3.05, 3.63) is 66.7 Å². The molecule has 38 heavy (non-hydrogen) atoms. The Hall–Kier alpha value is -4.18. The van der Waals surface area contributed by atoms with E-state index in [-0.39, 0.29) is 5.91 Å². The van der Waals surface area contributed by atoms with Gasteiger partial charge in [0.1, 0.15) is 0 Å². The molecular formula is C28H31NO8S. The van der Waals surface area contributed by atoms with Gasteiger partial charge in [-0.25, -0.2) is 0 Å². The predicted molar refractivity (Wildman–Crippen MR) is 147 cm³/mol. The first kappa shape index (κ1) is 28.4. The van der Waals surface area contributed by atoms with Gasteiger partial charge >= 0.3 is 0 Å². The molecule has 0 N–H and O–H groups in total. The molecule has 1 heterocycles. The third-order valence-electron chi connectivity index (χ3n) is 5.51. The van der Waals surface area contributed by atoms with Crippen LogP contribution in [0.1, 0.15) is 0 Å². The third kappa shape index (κ3) is 6.38. The Bertz CT molecular complexity index is 1250. The second-order valence-electron chi connectivity index (χ2n) is 7.71. The number of carbonyl (C=O) groups excluding carboxylic acids is 1. The van der Waals surface area contributed by atoms with Crippen LogP contribution >= 0.6 is 12.0 Å². The number of benzene rings is 3. The zero-order chi connectivity index (χ0) is 27.7. The molecule has 0 unspecified atom stereocenters. The van der Waals surface area contributed by atoms with Gasteiger partial charge in [0.15, 0.2) is 34.5 Å². The van der Waals surface area contributed by atoms with Gasteiger partial charge in [-0.05, 0) is 24.3 Å². The number of para-hydroxylation sites is 2. The Balaban J connectivity index is 0.000000212. The summed E-state index contributed by atoms with van der Waals surface area (Å²) in [7, 11) is 9.44. The van der Waals surface area contributed by atoms with Crippen molar-refractivity contribution >= 4 is 23.6 Å². The summed E-state index contributed by atoms with van der Waals surface area (Å²) in [6, 6.07) is 16.6. The largest absolute Gasteiger partial charge is 0.493 e. The van der Waals surface area contributed by atoms with Crippen LogP contribution in [0.2, 0.25) is 0 Å². The van der Waals surface area contributed by atoms with E-state index in [9.17, 15) is 4.79 Å². The molecule has 1 amide bonds. The van der Waals surface area contributed by atoms with Gasteiger partial charge in [0.2, 0.25) is 5.75 Å². The van der Waals surface area contributed by atoms with Gasteiger partial charge in [-0.1, -0.05) is 18.7 Å². The first-order chi connectivity index (χ1) is 18.4. The van der Waals surface area contributed by atoms with Crippen LogP contribution in [0, 0.1) is 0 Å². The number of hydrogen-bond acceptors (Lipinski definition) is 9. The van der Waals surface area contributed by atoms with Gasteiger partial charge in [0.05, 0.1) is 71.8 Å². The van der Waals surface area contributed by atoms with Crippen molar-refractivity contribution in [2.45, 2.75) is 4.90 Å². The summed E-state index contributed by atoms with van der Waals surface area (Å²) in [6.45, 7) is 4.18. The molecule has 1 fully saturated rings. The summed E-state index contributed by atoms with van der Waals surface area (Å²) in [5, 5.41) is 0. The van der Waals surface area contributed by atoms with Gasteiger partial charge < -0.3 is 37.5 Å². The van der Waals surface area contributed by atoms with Crippen LogP contribution in [-0.2, 0) is 4.79 Å². The van der Waals surface area contributed by atoms with E-state index in [0.29, 0.717) is 58.1 Å². The number of ether oxygens (including phenoxy) is 6. The predicted octanol–water partition coefficient (Wildman–Crippen LogP) is 5.41. The normalized spacial score (nSPS) is 12.0. The van der Waals surface area contributed by atoms with E-state index < -0.39 is 0 Å². The Morgan fingerprint density at radius 3 is 1.74 bits per heavy atom. The van der Waals surface area contributed by atoms with Crippen LogP contribution in [0.5, 0.6) is 40.2 Å². The first-order valence-electron chi connectivity index (χ1n) is 11.4. The zero-order valence-electron chi connectivity index (χ0n) is 22.2. The van der Waals surface area contributed by atoms with E-state index >= 15 is 0 Å². The van der Waals surface area contributed by atoms with Crippen LogP contribution in [-0.4, -0.2) is 55.1 Å². The molecule has 1 aliphatic rings. The number of methoxy groups -OCH3 is 6. The fraction of sp³-hybridized carbons (Fsp3) is 0.250. The first-order valence-corrected chi connectivity index (χ1v) is 12.1. The monoisotopic (exact) mass is 541 g/mol. The lowest BCUT2D eigenvalue weighted by molar-refractivity contribution is -0.117. The quantitative estimate of drug-likeness (QED) is 0.190. The molecule has 10 heteroatoms. The molecule has 0 spiro atoms. The minimum atomic E-state index is -0.0794. The topological polar surface area (TPSA) is 84.9 Å². The maximum atomic E-state index is 11.6. The Kier molecular flexibility index (Phi) is 10.0. The number of hydrogen-bond donors (Lipinski definition) is 0. The lowest BCUT2D eigenvalue weighted by Crippen LogP contribution is -2.45. The van der Waals surface area contributed by atoms with E-state index in [0.717, 1.165) is 4.90 Å². The number of carbonyl (C=O) groups is 1. The van der Waals surface area contributed by atoms with Crippen molar-refractivity contribution in [3.8, 4) is 40.2 Å². The molecule has 0 saturated carbocycles. The molecule has 1 aliphatic heterocycles. The molecule has 4 rings (SSSR count). The summed E-state index contributed by atoms with van der Waals surface area (Å²) in [5.74, 6) is 4.21. The van der Waals surface area contributed by atoms with Crippen molar-refractivity contribution in [2.75, 3.05) is 54.1 Å². The molecular weight excluding hydrogens is 510 g/mol. The summed E-state index contributed by atoms with van der Waals surface area (Å²) >= 11 is 1.24. The van der Waals surface area contributed by atoms with Gasteiger partial charge in [-0.3, -0.25) is 4.79 Å². The molecule has 0 atom stereocenters. The maximum Gasteiger partial charge on any atom is 0.255 e. The van der Waals surface area contributed by atoms with E-state index in [2.05, 4.69) is 6.58 Å². The van der Waals surface area contributed by atoms with Crippen molar-refractivity contribution in [2.24, 2.45) is 0 Å². The van der Waals surface area contributed by atoms with Crippen LogP contribution < -0.4 is 37.5 Å². The number of rotatable bonds is 10. The van der Waals surface area contributed by atoms with Gasteiger partial charge in [-0.15, -0.1) is 0 Å². The smallest absolute Gasteiger partial charge is 0.255 e. The minimum Gasteiger partial charge on any atom is -0.493 e. The van der Waals surface area contributed by atoms with E-state index in [1.165, 1.54) is 33.4 Å². The second-order valence-corrected chi connectivity index (χ2v) is 8.52. The van der Waals surface area contributed by atoms with Crippen LogP contribution in [0.15, 0.2) is 71.6 Å². The number of anilines is 1. The zero-order valence-corrected chi connectivity index (χ0v) is 23.0.